The Morgan fingerprint density at radius 3 is 2.54 bits per heavy atom. The molecule has 35 heavy (non-hydrogen) atoms. The van der Waals surface area contributed by atoms with E-state index in [1.54, 1.807) is 24.3 Å². The number of unbranched alkanes of at least 4 members (excludes halogenated alkanes) is 1. The van der Waals surface area contributed by atoms with Crippen LogP contribution in [0.2, 0.25) is 0 Å². The van der Waals surface area contributed by atoms with Crippen LogP contribution in [-0.2, 0) is 16.1 Å². The Morgan fingerprint density at radius 2 is 1.80 bits per heavy atom. The molecular formula is C25H27N5O5. The van der Waals surface area contributed by atoms with Crippen LogP contribution >= 0.6 is 0 Å². The minimum Gasteiger partial charge on any atom is -0.482 e. The number of aromatic amines is 1. The molecule has 2 amide bonds. The monoisotopic (exact) mass is 477 g/mol. The van der Waals surface area contributed by atoms with Gasteiger partial charge in [0.1, 0.15) is 18.1 Å². The number of nitrogens with zero attached hydrogens (tertiary/aromatic N) is 3. The average Bonchev–Trinajstić information content (AvgIpc) is 2.86. The third-order valence-corrected chi connectivity index (χ3v) is 5.81. The first-order valence-corrected chi connectivity index (χ1v) is 11.4. The number of nitrogens with two attached hydrogens (primary N) is 1. The zero-order valence-electron chi connectivity index (χ0n) is 19.4. The Bertz CT molecular complexity index is 1350. The van der Waals surface area contributed by atoms with Crippen molar-refractivity contribution in [2.45, 2.75) is 26.3 Å². The minimum atomic E-state index is -0.755. The third kappa shape index (κ3) is 4.96. The van der Waals surface area contributed by atoms with Crippen LogP contribution in [-0.4, -0.2) is 41.1 Å². The standard InChI is InChI=1S/C25H27N5O5/c1-2-3-13-28(20(31)15-29-18-11-7-8-12-19(18)35-16-21(29)32)22-23(26)30(25(34)27-24(22)33)14-17-9-5-4-6-10-17/h4-12H,2-3,13-16,26H2,1H3,(H,27,33,34). The molecule has 0 spiro atoms. The van der Waals surface area contributed by atoms with E-state index in [-0.39, 0.29) is 43.7 Å². The number of anilines is 3. The van der Waals surface area contributed by atoms with Gasteiger partial charge in [-0.2, -0.15) is 0 Å². The van der Waals surface area contributed by atoms with Gasteiger partial charge in [-0.05, 0) is 24.1 Å². The van der Waals surface area contributed by atoms with Gasteiger partial charge in [-0.15, -0.1) is 0 Å². The van der Waals surface area contributed by atoms with Gasteiger partial charge in [0.15, 0.2) is 12.3 Å². The number of carbonyl (C=O) groups excluding carboxylic acids is 2. The van der Waals surface area contributed by atoms with Gasteiger partial charge in [-0.1, -0.05) is 55.8 Å². The summed E-state index contributed by atoms with van der Waals surface area (Å²) in [7, 11) is 0. The van der Waals surface area contributed by atoms with E-state index in [2.05, 4.69) is 4.98 Å². The van der Waals surface area contributed by atoms with Crippen LogP contribution in [0.4, 0.5) is 17.2 Å². The fourth-order valence-electron chi connectivity index (χ4n) is 3.99. The zero-order chi connectivity index (χ0) is 24.9. The number of nitrogens with one attached hydrogen (secondary N) is 1. The molecule has 2 heterocycles. The highest BCUT2D eigenvalue weighted by molar-refractivity contribution is 6.06. The number of rotatable bonds is 8. The highest BCUT2D eigenvalue weighted by Gasteiger charge is 2.31. The van der Waals surface area contributed by atoms with Crippen LogP contribution < -0.4 is 31.5 Å². The van der Waals surface area contributed by atoms with Crippen LogP contribution in [0.3, 0.4) is 0 Å². The normalized spacial score (nSPS) is 12.7. The molecule has 10 nitrogen and oxygen atoms in total. The number of hydrogen-bond donors (Lipinski definition) is 2. The molecular weight excluding hydrogens is 450 g/mol. The maximum Gasteiger partial charge on any atom is 0.330 e. The van der Waals surface area contributed by atoms with Gasteiger partial charge >= 0.3 is 5.69 Å². The molecule has 0 radical (unpaired) electrons. The lowest BCUT2D eigenvalue weighted by Crippen LogP contribution is -2.49. The molecule has 182 valence electrons. The van der Waals surface area contributed by atoms with Crippen molar-refractivity contribution in [2.24, 2.45) is 0 Å². The van der Waals surface area contributed by atoms with E-state index >= 15 is 0 Å². The third-order valence-electron chi connectivity index (χ3n) is 5.81. The number of carbonyl (C=O) groups is 2. The van der Waals surface area contributed by atoms with Crippen molar-refractivity contribution >= 4 is 29.0 Å². The van der Waals surface area contributed by atoms with Crippen LogP contribution in [0.5, 0.6) is 5.75 Å². The summed E-state index contributed by atoms with van der Waals surface area (Å²) in [5, 5.41) is 0. The molecule has 0 aliphatic carbocycles. The summed E-state index contributed by atoms with van der Waals surface area (Å²) in [4.78, 5) is 56.5. The summed E-state index contributed by atoms with van der Waals surface area (Å²) >= 11 is 0. The number of para-hydroxylation sites is 2. The van der Waals surface area contributed by atoms with Gasteiger partial charge < -0.3 is 15.4 Å². The number of amides is 2. The van der Waals surface area contributed by atoms with E-state index in [1.807, 2.05) is 37.3 Å². The van der Waals surface area contributed by atoms with Crippen molar-refractivity contribution in [1.29, 1.82) is 0 Å². The number of H-pyrrole nitrogens is 1. The molecule has 10 heteroatoms. The van der Waals surface area contributed by atoms with E-state index < -0.39 is 17.2 Å². The second kappa shape index (κ2) is 10.3. The molecule has 1 aliphatic heterocycles. The number of nitrogen functional groups attached to an aromatic ring is 1. The maximum absolute atomic E-state index is 13.5. The molecule has 1 aliphatic rings. The van der Waals surface area contributed by atoms with Gasteiger partial charge in [-0.3, -0.25) is 28.8 Å². The smallest absolute Gasteiger partial charge is 0.330 e. The molecule has 0 saturated heterocycles. The Kier molecular flexibility index (Phi) is 7.00. The highest BCUT2D eigenvalue weighted by atomic mass is 16.5. The van der Waals surface area contributed by atoms with Crippen molar-refractivity contribution < 1.29 is 14.3 Å². The Morgan fingerprint density at radius 1 is 1.09 bits per heavy atom. The fraction of sp³-hybridized carbons (Fsp3) is 0.280. The van der Waals surface area contributed by atoms with E-state index in [4.69, 9.17) is 10.5 Å². The average molecular weight is 478 g/mol. The Hall–Kier alpha value is -4.34. The molecule has 3 N–H and O–H groups in total. The Labute approximate surface area is 201 Å². The highest BCUT2D eigenvalue weighted by Crippen LogP contribution is 2.31. The van der Waals surface area contributed by atoms with E-state index in [9.17, 15) is 19.2 Å². The molecule has 0 bridgehead atoms. The Balaban J connectivity index is 1.71. The van der Waals surface area contributed by atoms with Crippen molar-refractivity contribution in [1.82, 2.24) is 9.55 Å². The second-order valence-corrected chi connectivity index (χ2v) is 8.20. The first kappa shape index (κ1) is 23.8. The molecule has 4 rings (SSSR count). The molecule has 0 atom stereocenters. The summed E-state index contributed by atoms with van der Waals surface area (Å²) < 4.78 is 6.68. The van der Waals surface area contributed by atoms with E-state index in [0.717, 1.165) is 12.0 Å². The summed E-state index contributed by atoms with van der Waals surface area (Å²) in [5.74, 6) is -0.483. The number of aromatic nitrogens is 2. The van der Waals surface area contributed by atoms with Crippen LogP contribution in [0.25, 0.3) is 0 Å². The van der Waals surface area contributed by atoms with Gasteiger partial charge in [-0.25, -0.2) is 4.79 Å². The summed E-state index contributed by atoms with van der Waals surface area (Å²) in [6.07, 6.45) is 1.35. The quantitative estimate of drug-likeness (QED) is 0.508. The topological polar surface area (TPSA) is 131 Å². The lowest BCUT2D eigenvalue weighted by atomic mass is 10.2. The molecule has 3 aromatic rings. The van der Waals surface area contributed by atoms with Crippen LogP contribution in [0.15, 0.2) is 64.2 Å². The number of fused-ring (bicyclic) bond motifs is 1. The van der Waals surface area contributed by atoms with Gasteiger partial charge in [0.25, 0.3) is 11.5 Å². The predicted octanol–water partition coefficient (Wildman–Crippen LogP) is 1.73. The van der Waals surface area contributed by atoms with Crippen molar-refractivity contribution in [3.8, 4) is 5.75 Å². The predicted molar refractivity (Wildman–Crippen MR) is 133 cm³/mol. The second-order valence-electron chi connectivity index (χ2n) is 8.20. The first-order chi connectivity index (χ1) is 16.9. The molecule has 0 fully saturated rings. The fourth-order valence-corrected chi connectivity index (χ4v) is 3.99. The zero-order valence-corrected chi connectivity index (χ0v) is 19.4. The largest absolute Gasteiger partial charge is 0.482 e. The van der Waals surface area contributed by atoms with Crippen molar-refractivity contribution in [3.63, 3.8) is 0 Å². The molecule has 0 saturated carbocycles. The number of ether oxygens (including phenoxy) is 1. The minimum absolute atomic E-state index is 0.104. The number of benzene rings is 2. The van der Waals surface area contributed by atoms with Crippen molar-refractivity contribution in [2.75, 3.05) is 35.2 Å². The van der Waals surface area contributed by atoms with Crippen LogP contribution in [0, 0.1) is 0 Å². The van der Waals surface area contributed by atoms with Gasteiger partial charge in [0.05, 0.1) is 12.2 Å². The van der Waals surface area contributed by atoms with E-state index in [0.29, 0.717) is 17.9 Å². The van der Waals surface area contributed by atoms with Gasteiger partial charge in [0, 0.05) is 6.54 Å². The summed E-state index contributed by atoms with van der Waals surface area (Å²) in [5.41, 5.74) is 6.09. The number of hydrogen-bond acceptors (Lipinski definition) is 6. The van der Waals surface area contributed by atoms with E-state index in [1.165, 1.54) is 14.4 Å². The lowest BCUT2D eigenvalue weighted by molar-refractivity contribution is -0.124. The molecule has 2 aromatic carbocycles. The summed E-state index contributed by atoms with van der Waals surface area (Å²) in [6, 6.07) is 16.1. The molecule has 0 unspecified atom stereocenters. The van der Waals surface area contributed by atoms with Gasteiger partial charge in [0.2, 0.25) is 5.91 Å². The van der Waals surface area contributed by atoms with Crippen LogP contribution in [0.1, 0.15) is 25.3 Å². The SMILES string of the molecule is CCCCN(C(=O)CN1C(=O)COc2ccccc21)c1c(N)n(Cc2ccccc2)c(=O)[nH]c1=O. The van der Waals surface area contributed by atoms with Crippen molar-refractivity contribution in [3.05, 3.63) is 81.0 Å². The lowest BCUT2D eigenvalue weighted by Gasteiger charge is -2.31. The first-order valence-electron chi connectivity index (χ1n) is 11.4. The molecule has 1 aromatic heterocycles. The summed E-state index contributed by atoms with van der Waals surface area (Å²) in [6.45, 7) is 1.78. The maximum atomic E-state index is 13.5.